The first-order valence-corrected chi connectivity index (χ1v) is 10.6. The number of benzene rings is 2. The Morgan fingerprint density at radius 2 is 1.80 bits per heavy atom. The number of amides is 1. The second-order valence-electron chi connectivity index (χ2n) is 7.91. The normalized spacial score (nSPS) is 12.0. The van der Waals surface area contributed by atoms with E-state index < -0.39 is 41.3 Å². The summed E-state index contributed by atoms with van der Waals surface area (Å²) in [6.45, 7) is -0.980. The van der Waals surface area contributed by atoms with Crippen molar-refractivity contribution < 1.29 is 28.9 Å². The van der Waals surface area contributed by atoms with E-state index in [0.717, 1.165) is 16.2 Å². The predicted octanol–water partition coefficient (Wildman–Crippen LogP) is 2.04. The Labute approximate surface area is 197 Å². The largest absolute Gasteiger partial charge is 0.505 e. The summed E-state index contributed by atoms with van der Waals surface area (Å²) in [4.78, 5) is 30.4. The van der Waals surface area contributed by atoms with Crippen LogP contribution in [0.2, 0.25) is 0 Å². The van der Waals surface area contributed by atoms with Gasteiger partial charge in [-0.1, -0.05) is 18.2 Å². The van der Waals surface area contributed by atoms with E-state index in [-0.39, 0.29) is 29.1 Å². The molecule has 8 nitrogen and oxygen atoms in total. The number of aromatic hydroxyl groups is 1. The number of hydrogen-bond donors (Lipinski definition) is 4. The van der Waals surface area contributed by atoms with E-state index in [1.54, 1.807) is 18.2 Å². The molecular formula is C25H21F2N3O5. The Hall–Kier alpha value is -4.15. The van der Waals surface area contributed by atoms with Crippen molar-refractivity contribution in [3.63, 3.8) is 0 Å². The average Bonchev–Trinajstić information content (AvgIpc) is 2.84. The fraction of sp³-hybridized carbons (Fsp3) is 0.160. The van der Waals surface area contributed by atoms with Gasteiger partial charge in [-0.2, -0.15) is 0 Å². The lowest BCUT2D eigenvalue weighted by molar-refractivity contribution is 0.0799. The minimum atomic E-state index is -1.26. The third kappa shape index (κ3) is 5.03. The molecule has 1 atom stereocenters. The molecule has 0 saturated carbocycles. The first-order chi connectivity index (χ1) is 16.8. The summed E-state index contributed by atoms with van der Waals surface area (Å²) in [6, 6.07) is 12.6. The molecule has 0 radical (unpaired) electrons. The fourth-order valence-corrected chi connectivity index (χ4v) is 3.66. The topological polar surface area (TPSA) is 125 Å². The van der Waals surface area contributed by atoms with Crippen molar-refractivity contribution in [2.45, 2.75) is 12.5 Å². The summed E-state index contributed by atoms with van der Waals surface area (Å²) < 4.78 is 28.3. The van der Waals surface area contributed by atoms with Gasteiger partial charge in [-0.25, -0.2) is 8.78 Å². The van der Waals surface area contributed by atoms with Gasteiger partial charge in [0.15, 0.2) is 5.75 Å². The van der Waals surface area contributed by atoms with Gasteiger partial charge in [-0.05, 0) is 53.9 Å². The Morgan fingerprint density at radius 1 is 1.06 bits per heavy atom. The molecule has 0 aliphatic carbocycles. The summed E-state index contributed by atoms with van der Waals surface area (Å²) >= 11 is 0. The zero-order valence-electron chi connectivity index (χ0n) is 18.3. The van der Waals surface area contributed by atoms with Gasteiger partial charge in [0.1, 0.15) is 22.7 Å². The highest BCUT2D eigenvalue weighted by Crippen LogP contribution is 2.28. The lowest BCUT2D eigenvalue weighted by Gasteiger charge is -2.16. The first kappa shape index (κ1) is 24.0. The van der Waals surface area contributed by atoms with Crippen molar-refractivity contribution in [3.05, 3.63) is 99.5 Å². The number of nitrogens with one attached hydrogen (secondary N) is 1. The third-order valence-corrected chi connectivity index (χ3v) is 5.37. The van der Waals surface area contributed by atoms with Crippen LogP contribution in [0, 0.1) is 11.6 Å². The predicted molar refractivity (Wildman–Crippen MR) is 124 cm³/mol. The molecule has 180 valence electrons. The van der Waals surface area contributed by atoms with Crippen LogP contribution < -0.4 is 10.9 Å². The highest BCUT2D eigenvalue weighted by Gasteiger charge is 2.24. The molecular weight excluding hydrogens is 460 g/mol. The molecule has 0 saturated heterocycles. The van der Waals surface area contributed by atoms with Crippen molar-refractivity contribution in [3.8, 4) is 11.4 Å². The smallest absolute Gasteiger partial charge is 0.272 e. The number of carbonyl (C=O) groups is 1. The number of pyridine rings is 2. The number of aromatic nitrogens is 2. The van der Waals surface area contributed by atoms with E-state index in [2.05, 4.69) is 10.3 Å². The fourth-order valence-electron chi connectivity index (χ4n) is 3.66. The summed E-state index contributed by atoms with van der Waals surface area (Å²) in [5.74, 6) is -2.68. The van der Waals surface area contributed by atoms with Crippen molar-refractivity contribution in [1.29, 1.82) is 0 Å². The van der Waals surface area contributed by atoms with Crippen molar-refractivity contribution >= 4 is 16.9 Å². The molecule has 4 N–H and O–H groups in total. The molecule has 1 amide bonds. The molecule has 2 aromatic heterocycles. The standard InChI is InChI=1S/C25H21F2N3O5/c26-16-6-4-14(5-7-16)8-15-9-20-22(28-11-15)23(33)21(24(34)29-12-19(32)13-31)25(35)30(20)18-3-1-2-17(27)10-18/h1-7,9-11,19,31-33H,8,12-13H2,(H,29,34)/t19-/m1/s1. The summed E-state index contributed by atoms with van der Waals surface area (Å²) in [5, 5.41) is 31.5. The van der Waals surface area contributed by atoms with Gasteiger partial charge in [-0.15, -0.1) is 0 Å². The number of nitrogens with zero attached hydrogens (tertiary/aromatic N) is 2. The molecule has 0 spiro atoms. The van der Waals surface area contributed by atoms with Gasteiger partial charge in [0.25, 0.3) is 11.5 Å². The number of aliphatic hydroxyl groups is 2. The van der Waals surface area contributed by atoms with Gasteiger partial charge in [0.05, 0.1) is 23.9 Å². The van der Waals surface area contributed by atoms with Crippen molar-refractivity contribution in [2.24, 2.45) is 0 Å². The van der Waals surface area contributed by atoms with E-state index in [9.17, 15) is 28.6 Å². The lowest BCUT2D eigenvalue weighted by Crippen LogP contribution is -2.38. The summed E-state index contributed by atoms with van der Waals surface area (Å²) in [7, 11) is 0. The second kappa shape index (κ2) is 10.00. The monoisotopic (exact) mass is 481 g/mol. The third-order valence-electron chi connectivity index (χ3n) is 5.37. The van der Waals surface area contributed by atoms with Crippen LogP contribution in [0.1, 0.15) is 21.5 Å². The molecule has 0 unspecified atom stereocenters. The Morgan fingerprint density at radius 3 is 2.49 bits per heavy atom. The maximum atomic E-state index is 14.0. The number of aliphatic hydroxyl groups excluding tert-OH is 2. The van der Waals surface area contributed by atoms with Crippen LogP contribution >= 0.6 is 0 Å². The molecule has 2 heterocycles. The summed E-state index contributed by atoms with van der Waals surface area (Å²) in [6.07, 6.45) is 0.519. The molecule has 35 heavy (non-hydrogen) atoms. The summed E-state index contributed by atoms with van der Waals surface area (Å²) in [5.41, 5.74) is -0.0337. The van der Waals surface area contributed by atoms with Crippen LogP contribution in [0.25, 0.3) is 16.7 Å². The van der Waals surface area contributed by atoms with Gasteiger partial charge in [0.2, 0.25) is 0 Å². The molecule has 10 heteroatoms. The number of hydrogen-bond acceptors (Lipinski definition) is 6. The number of halogens is 2. The molecule has 4 aromatic rings. The molecule has 0 aliphatic heterocycles. The van der Waals surface area contributed by atoms with Crippen LogP contribution in [-0.2, 0) is 6.42 Å². The van der Waals surface area contributed by atoms with Crippen LogP contribution in [0.5, 0.6) is 5.75 Å². The molecule has 4 rings (SSSR count). The van der Waals surface area contributed by atoms with E-state index in [0.29, 0.717) is 12.0 Å². The van der Waals surface area contributed by atoms with Gasteiger partial charge in [-0.3, -0.25) is 19.1 Å². The van der Waals surface area contributed by atoms with Crippen molar-refractivity contribution in [1.82, 2.24) is 14.9 Å². The van der Waals surface area contributed by atoms with Crippen LogP contribution in [0.3, 0.4) is 0 Å². The average molecular weight is 481 g/mol. The minimum Gasteiger partial charge on any atom is -0.505 e. The molecule has 2 aromatic carbocycles. The van der Waals surface area contributed by atoms with Crippen molar-refractivity contribution in [2.75, 3.05) is 13.2 Å². The van der Waals surface area contributed by atoms with E-state index >= 15 is 0 Å². The second-order valence-corrected chi connectivity index (χ2v) is 7.91. The Kier molecular flexibility index (Phi) is 6.85. The van der Waals surface area contributed by atoms with Gasteiger partial charge >= 0.3 is 0 Å². The van der Waals surface area contributed by atoms with E-state index in [1.165, 1.54) is 36.5 Å². The van der Waals surface area contributed by atoms with E-state index in [4.69, 9.17) is 5.11 Å². The number of fused-ring (bicyclic) bond motifs is 1. The SMILES string of the molecule is O=C(NC[C@@H](O)CO)c1c(O)c2ncc(Cc3ccc(F)cc3)cc2n(-c2cccc(F)c2)c1=O. The molecule has 0 bridgehead atoms. The highest BCUT2D eigenvalue weighted by atomic mass is 19.1. The highest BCUT2D eigenvalue weighted by molar-refractivity contribution is 6.01. The van der Waals surface area contributed by atoms with Crippen LogP contribution in [0.15, 0.2) is 65.6 Å². The lowest BCUT2D eigenvalue weighted by atomic mass is 10.0. The Bertz CT molecular complexity index is 1450. The first-order valence-electron chi connectivity index (χ1n) is 10.6. The van der Waals surface area contributed by atoms with E-state index in [1.807, 2.05) is 0 Å². The minimum absolute atomic E-state index is 0.0791. The number of rotatable bonds is 7. The maximum Gasteiger partial charge on any atom is 0.272 e. The zero-order valence-corrected chi connectivity index (χ0v) is 18.3. The molecule has 0 aliphatic rings. The molecule has 0 fully saturated rings. The van der Waals surface area contributed by atoms with Crippen LogP contribution in [0.4, 0.5) is 8.78 Å². The Balaban J connectivity index is 1.89. The van der Waals surface area contributed by atoms with Crippen LogP contribution in [-0.4, -0.2) is 50.0 Å². The maximum absolute atomic E-state index is 14.0. The zero-order chi connectivity index (χ0) is 25.1. The quantitative estimate of drug-likeness (QED) is 0.320. The van der Waals surface area contributed by atoms with Gasteiger partial charge < -0.3 is 20.6 Å². The number of carbonyl (C=O) groups excluding carboxylic acids is 1. The van der Waals surface area contributed by atoms with Gasteiger partial charge in [0, 0.05) is 12.7 Å².